The first kappa shape index (κ1) is 19.0. The molecule has 1 aliphatic heterocycles. The maximum Gasteiger partial charge on any atom is 0.325 e. The van der Waals surface area contributed by atoms with E-state index in [1.165, 1.54) is 0 Å². The zero-order valence-corrected chi connectivity index (χ0v) is 15.9. The number of esters is 1. The molecule has 1 aromatic carbocycles. The lowest BCUT2D eigenvalue weighted by Gasteiger charge is -2.12. The Morgan fingerprint density at radius 2 is 2.00 bits per heavy atom. The fourth-order valence-electron chi connectivity index (χ4n) is 2.73. The first-order valence-electron chi connectivity index (χ1n) is 8.50. The quantitative estimate of drug-likeness (QED) is 0.595. The Balaban J connectivity index is 1.80. The van der Waals surface area contributed by atoms with Gasteiger partial charge in [-0.25, -0.2) is 4.68 Å². The lowest BCUT2D eigenvalue weighted by atomic mass is 10.2. The topological polar surface area (TPSA) is 102 Å². The Hall–Kier alpha value is -2.81. The van der Waals surface area contributed by atoms with Crippen LogP contribution in [0.15, 0.2) is 24.3 Å². The number of ether oxygens (including phenoxy) is 1. The second kappa shape index (κ2) is 8.26. The highest BCUT2D eigenvalue weighted by Crippen LogP contribution is 2.36. The van der Waals surface area contributed by atoms with Gasteiger partial charge in [-0.15, -0.1) is 0 Å². The summed E-state index contributed by atoms with van der Waals surface area (Å²) in [7, 11) is 0. The van der Waals surface area contributed by atoms with Crippen molar-refractivity contribution in [2.45, 2.75) is 25.4 Å². The highest BCUT2D eigenvalue weighted by molar-refractivity contribution is 7.98. The number of amides is 2. The normalized spacial score (nSPS) is 12.4. The maximum atomic E-state index is 12.3. The summed E-state index contributed by atoms with van der Waals surface area (Å²) >= 11 is 1.70. The van der Waals surface area contributed by atoms with Crippen LogP contribution < -0.4 is 10.6 Å². The Labute approximate surface area is 160 Å². The van der Waals surface area contributed by atoms with Gasteiger partial charge in [0, 0.05) is 17.1 Å². The van der Waals surface area contributed by atoms with Gasteiger partial charge in [-0.1, -0.05) is 18.2 Å². The standard InChI is InChI=1S/C18H20N4O4S/c1-3-26-15(23)8-19-17(24)18(25)20-16-12-9-27-10-13(12)21-22(16)14-7-5-4-6-11(14)2/h4-7H,3,8-10H2,1-2H3,(H,19,24)(H,20,25). The number of nitrogens with one attached hydrogen (secondary N) is 2. The van der Waals surface area contributed by atoms with E-state index in [0.717, 1.165) is 28.3 Å². The number of benzene rings is 1. The molecule has 0 radical (unpaired) electrons. The van der Waals surface area contributed by atoms with Gasteiger partial charge >= 0.3 is 17.8 Å². The van der Waals surface area contributed by atoms with Crippen LogP contribution in [0, 0.1) is 6.92 Å². The van der Waals surface area contributed by atoms with Crippen molar-refractivity contribution in [3.05, 3.63) is 41.1 Å². The van der Waals surface area contributed by atoms with E-state index in [1.807, 2.05) is 31.2 Å². The summed E-state index contributed by atoms with van der Waals surface area (Å²) < 4.78 is 6.39. The van der Waals surface area contributed by atoms with Crippen molar-refractivity contribution < 1.29 is 19.1 Å². The third-order valence-electron chi connectivity index (χ3n) is 4.03. The van der Waals surface area contributed by atoms with E-state index in [1.54, 1.807) is 23.4 Å². The monoisotopic (exact) mass is 388 g/mol. The molecule has 0 spiro atoms. The first-order valence-corrected chi connectivity index (χ1v) is 9.66. The molecule has 0 bridgehead atoms. The molecule has 142 valence electrons. The van der Waals surface area contributed by atoms with Crippen molar-refractivity contribution in [1.82, 2.24) is 15.1 Å². The van der Waals surface area contributed by atoms with Gasteiger partial charge in [0.2, 0.25) is 0 Å². The molecule has 27 heavy (non-hydrogen) atoms. The number of hydrogen-bond acceptors (Lipinski definition) is 6. The van der Waals surface area contributed by atoms with Crippen LogP contribution >= 0.6 is 11.8 Å². The Kier molecular flexibility index (Phi) is 5.80. The van der Waals surface area contributed by atoms with Crippen molar-refractivity contribution in [2.24, 2.45) is 0 Å². The second-order valence-electron chi connectivity index (χ2n) is 5.91. The van der Waals surface area contributed by atoms with Crippen LogP contribution in [0.1, 0.15) is 23.7 Å². The Bertz CT molecular complexity index is 893. The van der Waals surface area contributed by atoms with Crippen LogP contribution in [0.25, 0.3) is 5.69 Å². The van der Waals surface area contributed by atoms with E-state index in [9.17, 15) is 14.4 Å². The summed E-state index contributed by atoms with van der Waals surface area (Å²) in [4.78, 5) is 35.7. The summed E-state index contributed by atoms with van der Waals surface area (Å²) in [6.45, 7) is 3.47. The van der Waals surface area contributed by atoms with Crippen molar-refractivity contribution in [2.75, 3.05) is 18.5 Å². The average Bonchev–Trinajstić information content (AvgIpc) is 3.23. The molecule has 1 aromatic heterocycles. The van der Waals surface area contributed by atoms with Gasteiger partial charge in [-0.2, -0.15) is 16.9 Å². The molecule has 2 N–H and O–H groups in total. The highest BCUT2D eigenvalue weighted by atomic mass is 32.2. The zero-order chi connectivity index (χ0) is 19.4. The molecule has 0 atom stereocenters. The molecule has 1 aliphatic rings. The van der Waals surface area contributed by atoms with Crippen LogP contribution in [0.2, 0.25) is 0 Å². The number of anilines is 1. The van der Waals surface area contributed by atoms with Gasteiger partial charge in [-0.05, 0) is 25.5 Å². The number of aromatic nitrogens is 2. The lowest BCUT2D eigenvalue weighted by molar-refractivity contribution is -0.144. The molecule has 2 aromatic rings. The number of nitrogens with zero attached hydrogens (tertiary/aromatic N) is 2. The Morgan fingerprint density at radius 1 is 1.22 bits per heavy atom. The number of para-hydroxylation sites is 1. The fraction of sp³-hybridized carbons (Fsp3) is 0.333. The van der Waals surface area contributed by atoms with Crippen LogP contribution in [0.5, 0.6) is 0 Å². The van der Waals surface area contributed by atoms with Crippen molar-refractivity contribution in [3.8, 4) is 5.69 Å². The third kappa shape index (κ3) is 4.13. The molecule has 0 aliphatic carbocycles. The van der Waals surface area contributed by atoms with Gasteiger partial charge in [-0.3, -0.25) is 14.4 Å². The van der Waals surface area contributed by atoms with E-state index < -0.39 is 17.8 Å². The van der Waals surface area contributed by atoms with E-state index in [0.29, 0.717) is 11.6 Å². The largest absolute Gasteiger partial charge is 0.465 e. The first-order chi connectivity index (χ1) is 13.0. The van der Waals surface area contributed by atoms with Gasteiger partial charge in [0.1, 0.15) is 12.4 Å². The summed E-state index contributed by atoms with van der Waals surface area (Å²) in [6.07, 6.45) is 0. The molecule has 2 heterocycles. The minimum atomic E-state index is -0.903. The van der Waals surface area contributed by atoms with Gasteiger partial charge in [0.25, 0.3) is 0 Å². The highest BCUT2D eigenvalue weighted by Gasteiger charge is 2.27. The van der Waals surface area contributed by atoms with Crippen LogP contribution in [-0.2, 0) is 30.6 Å². The van der Waals surface area contributed by atoms with Gasteiger partial charge < -0.3 is 15.4 Å². The molecular weight excluding hydrogens is 368 g/mol. The second-order valence-corrected chi connectivity index (χ2v) is 6.89. The summed E-state index contributed by atoms with van der Waals surface area (Å²) in [5.74, 6) is -0.400. The number of rotatable bonds is 5. The average molecular weight is 388 g/mol. The third-order valence-corrected chi connectivity index (χ3v) is 5.00. The Morgan fingerprint density at radius 3 is 2.74 bits per heavy atom. The fourth-order valence-corrected chi connectivity index (χ4v) is 3.76. The van der Waals surface area contributed by atoms with E-state index >= 15 is 0 Å². The van der Waals surface area contributed by atoms with Crippen LogP contribution in [-0.4, -0.2) is 40.7 Å². The smallest absolute Gasteiger partial charge is 0.325 e. The zero-order valence-electron chi connectivity index (χ0n) is 15.1. The molecule has 3 rings (SSSR count). The summed E-state index contributed by atoms with van der Waals surface area (Å²) in [5.41, 5.74) is 3.63. The maximum absolute atomic E-state index is 12.3. The molecule has 0 saturated carbocycles. The lowest BCUT2D eigenvalue weighted by Crippen LogP contribution is -2.39. The predicted molar refractivity (Wildman–Crippen MR) is 102 cm³/mol. The molecule has 0 unspecified atom stereocenters. The van der Waals surface area contributed by atoms with E-state index in [4.69, 9.17) is 4.74 Å². The van der Waals surface area contributed by atoms with Crippen molar-refractivity contribution in [3.63, 3.8) is 0 Å². The molecule has 9 heteroatoms. The number of thioether (sulfide) groups is 1. The number of hydrogen-bond donors (Lipinski definition) is 2. The molecule has 0 fully saturated rings. The van der Waals surface area contributed by atoms with E-state index in [-0.39, 0.29) is 13.2 Å². The van der Waals surface area contributed by atoms with Crippen molar-refractivity contribution >= 4 is 35.4 Å². The van der Waals surface area contributed by atoms with Crippen LogP contribution in [0.3, 0.4) is 0 Å². The van der Waals surface area contributed by atoms with E-state index in [2.05, 4.69) is 15.7 Å². The number of carbonyl (C=O) groups is 3. The predicted octanol–water partition coefficient (Wildman–Crippen LogP) is 1.55. The number of fused-ring (bicyclic) bond motifs is 1. The minimum Gasteiger partial charge on any atom is -0.465 e. The molecule has 8 nitrogen and oxygen atoms in total. The van der Waals surface area contributed by atoms with Crippen molar-refractivity contribution in [1.29, 1.82) is 0 Å². The molecular formula is C18H20N4O4S. The molecule has 2 amide bonds. The number of carbonyl (C=O) groups excluding carboxylic acids is 3. The molecule has 0 saturated heterocycles. The minimum absolute atomic E-state index is 0.209. The number of aryl methyl sites for hydroxylation is 1. The van der Waals surface area contributed by atoms with Crippen LogP contribution in [0.4, 0.5) is 5.82 Å². The van der Waals surface area contributed by atoms with Gasteiger partial charge in [0.05, 0.1) is 18.0 Å². The SMILES string of the molecule is CCOC(=O)CNC(=O)C(=O)Nc1c2c(nn1-c1ccccc1C)CSC2. The summed E-state index contributed by atoms with van der Waals surface area (Å²) in [6, 6.07) is 7.67. The van der Waals surface area contributed by atoms with Gasteiger partial charge in [0.15, 0.2) is 0 Å². The summed E-state index contributed by atoms with van der Waals surface area (Å²) in [5, 5.41) is 9.52.